The predicted molar refractivity (Wildman–Crippen MR) is 83.9 cm³/mol. The van der Waals surface area contributed by atoms with Gasteiger partial charge < -0.3 is 15.3 Å². The van der Waals surface area contributed by atoms with Gasteiger partial charge in [0.25, 0.3) is 0 Å². The summed E-state index contributed by atoms with van der Waals surface area (Å²) >= 11 is 0. The number of amides is 2. The van der Waals surface area contributed by atoms with Crippen molar-refractivity contribution in [3.05, 3.63) is 48.0 Å². The summed E-state index contributed by atoms with van der Waals surface area (Å²) in [7, 11) is 0. The van der Waals surface area contributed by atoms with Crippen molar-refractivity contribution in [1.29, 1.82) is 0 Å². The summed E-state index contributed by atoms with van der Waals surface area (Å²) in [5.41, 5.74) is 1.11. The van der Waals surface area contributed by atoms with Crippen molar-refractivity contribution in [2.45, 2.75) is 38.3 Å². The van der Waals surface area contributed by atoms with E-state index in [4.69, 9.17) is 5.11 Å². The Labute approximate surface area is 126 Å². The van der Waals surface area contributed by atoms with Crippen molar-refractivity contribution in [3.63, 3.8) is 0 Å². The maximum Gasteiger partial charge on any atom is 0.317 e. The van der Waals surface area contributed by atoms with E-state index in [0.29, 0.717) is 19.5 Å². The quantitative estimate of drug-likeness (QED) is 0.791. The normalized spacial score (nSPS) is 17.5. The summed E-state index contributed by atoms with van der Waals surface area (Å²) in [4.78, 5) is 14.2. The van der Waals surface area contributed by atoms with Crippen LogP contribution in [0.25, 0.3) is 0 Å². The number of carbonyl (C=O) groups is 1. The lowest BCUT2D eigenvalue weighted by Gasteiger charge is -2.27. The Morgan fingerprint density at radius 1 is 1.29 bits per heavy atom. The highest BCUT2D eigenvalue weighted by Gasteiger charge is 2.18. The molecule has 1 aliphatic rings. The first kappa shape index (κ1) is 15.6. The lowest BCUT2D eigenvalue weighted by atomic mass is 10.0. The Bertz CT molecular complexity index is 459. The van der Waals surface area contributed by atoms with E-state index in [1.54, 1.807) is 4.90 Å². The number of aliphatic hydroxyl groups excluding tert-OH is 1. The van der Waals surface area contributed by atoms with E-state index < -0.39 is 0 Å². The molecule has 0 spiro atoms. The first-order chi connectivity index (χ1) is 10.3. The van der Waals surface area contributed by atoms with Crippen LogP contribution in [0, 0.1) is 0 Å². The van der Waals surface area contributed by atoms with Gasteiger partial charge in [-0.2, -0.15) is 0 Å². The molecule has 0 saturated heterocycles. The van der Waals surface area contributed by atoms with Crippen LogP contribution in [0.2, 0.25) is 0 Å². The zero-order valence-electron chi connectivity index (χ0n) is 12.4. The Morgan fingerprint density at radius 3 is 2.76 bits per heavy atom. The SMILES string of the molecule is O=C(N[C@H]1CC=CCC1)N(CCCO)Cc1ccccc1. The second-order valence-corrected chi connectivity index (χ2v) is 5.42. The molecule has 0 unspecified atom stereocenters. The van der Waals surface area contributed by atoms with Gasteiger partial charge in [-0.25, -0.2) is 4.79 Å². The third-order valence-corrected chi connectivity index (χ3v) is 3.69. The molecule has 114 valence electrons. The highest BCUT2D eigenvalue weighted by Crippen LogP contribution is 2.12. The minimum absolute atomic E-state index is 0.0346. The Hall–Kier alpha value is -1.81. The Kier molecular flexibility index (Phi) is 6.28. The maximum absolute atomic E-state index is 12.4. The molecule has 1 atom stereocenters. The summed E-state index contributed by atoms with van der Waals surface area (Å²) in [6.07, 6.45) is 7.83. The Morgan fingerprint density at radius 2 is 2.10 bits per heavy atom. The van der Waals surface area contributed by atoms with Crippen LogP contribution in [0.5, 0.6) is 0 Å². The zero-order chi connectivity index (χ0) is 14.9. The van der Waals surface area contributed by atoms with Gasteiger partial charge in [0.1, 0.15) is 0 Å². The summed E-state index contributed by atoms with van der Waals surface area (Å²) in [6.45, 7) is 1.25. The van der Waals surface area contributed by atoms with Crippen LogP contribution < -0.4 is 5.32 Å². The third kappa shape index (κ3) is 5.23. The van der Waals surface area contributed by atoms with E-state index in [1.807, 2.05) is 30.3 Å². The fourth-order valence-corrected chi connectivity index (χ4v) is 2.51. The van der Waals surface area contributed by atoms with Crippen molar-refractivity contribution < 1.29 is 9.90 Å². The Balaban J connectivity index is 1.93. The molecule has 1 aliphatic carbocycles. The maximum atomic E-state index is 12.4. The standard InChI is InChI=1S/C17H24N2O2/c20-13-7-12-19(14-15-8-3-1-4-9-15)17(21)18-16-10-5-2-6-11-16/h1-5,8-9,16,20H,6-7,10-14H2,(H,18,21)/t16-/m0/s1. The van der Waals surface area contributed by atoms with Gasteiger partial charge in [0.05, 0.1) is 0 Å². The van der Waals surface area contributed by atoms with E-state index in [-0.39, 0.29) is 18.7 Å². The summed E-state index contributed by atoms with van der Waals surface area (Å²) < 4.78 is 0. The molecule has 1 aromatic carbocycles. The molecule has 0 fully saturated rings. The second-order valence-electron chi connectivity index (χ2n) is 5.42. The van der Waals surface area contributed by atoms with Crippen LogP contribution >= 0.6 is 0 Å². The van der Waals surface area contributed by atoms with E-state index in [1.165, 1.54) is 0 Å². The zero-order valence-corrected chi connectivity index (χ0v) is 12.4. The van der Waals surface area contributed by atoms with Gasteiger partial charge in [-0.1, -0.05) is 42.5 Å². The minimum Gasteiger partial charge on any atom is -0.396 e. The average Bonchev–Trinajstić information content (AvgIpc) is 2.53. The second kappa shape index (κ2) is 8.47. The first-order valence-corrected chi connectivity index (χ1v) is 7.65. The number of rotatable bonds is 6. The number of hydrogen-bond donors (Lipinski definition) is 2. The molecule has 0 radical (unpaired) electrons. The molecular formula is C17H24N2O2. The van der Waals surface area contributed by atoms with Gasteiger partial charge in [0, 0.05) is 25.7 Å². The van der Waals surface area contributed by atoms with Gasteiger partial charge in [0.15, 0.2) is 0 Å². The van der Waals surface area contributed by atoms with E-state index >= 15 is 0 Å². The highest BCUT2D eigenvalue weighted by molar-refractivity contribution is 5.74. The van der Waals surface area contributed by atoms with E-state index in [0.717, 1.165) is 24.8 Å². The van der Waals surface area contributed by atoms with Gasteiger partial charge in [-0.3, -0.25) is 0 Å². The number of allylic oxidation sites excluding steroid dienone is 1. The molecule has 0 saturated carbocycles. The number of urea groups is 1. The van der Waals surface area contributed by atoms with Crippen LogP contribution in [-0.2, 0) is 6.54 Å². The molecule has 1 aromatic rings. The fraction of sp³-hybridized carbons (Fsp3) is 0.471. The number of benzene rings is 1. The number of carbonyl (C=O) groups excluding carboxylic acids is 1. The first-order valence-electron chi connectivity index (χ1n) is 7.65. The fourth-order valence-electron chi connectivity index (χ4n) is 2.51. The molecule has 21 heavy (non-hydrogen) atoms. The topological polar surface area (TPSA) is 52.6 Å². The smallest absolute Gasteiger partial charge is 0.317 e. The van der Waals surface area contributed by atoms with Crippen molar-refractivity contribution in [1.82, 2.24) is 10.2 Å². The third-order valence-electron chi connectivity index (χ3n) is 3.69. The van der Waals surface area contributed by atoms with Gasteiger partial charge >= 0.3 is 6.03 Å². The van der Waals surface area contributed by atoms with Crippen LogP contribution in [-0.4, -0.2) is 35.2 Å². The van der Waals surface area contributed by atoms with Crippen LogP contribution in [0.4, 0.5) is 4.79 Å². The molecular weight excluding hydrogens is 264 g/mol. The molecule has 0 aliphatic heterocycles. The van der Waals surface area contributed by atoms with Crippen LogP contribution in [0.15, 0.2) is 42.5 Å². The van der Waals surface area contributed by atoms with E-state index in [2.05, 4.69) is 17.5 Å². The molecule has 0 bridgehead atoms. The number of nitrogens with one attached hydrogen (secondary N) is 1. The molecule has 0 heterocycles. The van der Waals surface area contributed by atoms with E-state index in [9.17, 15) is 4.79 Å². The van der Waals surface area contributed by atoms with Gasteiger partial charge in [-0.15, -0.1) is 0 Å². The average molecular weight is 288 g/mol. The highest BCUT2D eigenvalue weighted by atomic mass is 16.3. The molecule has 2 rings (SSSR count). The lowest BCUT2D eigenvalue weighted by molar-refractivity contribution is 0.182. The van der Waals surface area contributed by atoms with Crippen LogP contribution in [0.1, 0.15) is 31.2 Å². The van der Waals surface area contributed by atoms with Crippen molar-refractivity contribution in [3.8, 4) is 0 Å². The predicted octanol–water partition coefficient (Wildman–Crippen LogP) is 2.69. The number of hydrogen-bond acceptors (Lipinski definition) is 2. The molecule has 0 aromatic heterocycles. The summed E-state index contributed by atoms with van der Waals surface area (Å²) in [5, 5.41) is 12.1. The minimum atomic E-state index is -0.0346. The lowest BCUT2D eigenvalue weighted by Crippen LogP contribution is -2.45. The summed E-state index contributed by atoms with van der Waals surface area (Å²) in [6, 6.07) is 10.1. The monoisotopic (exact) mass is 288 g/mol. The van der Waals surface area contributed by atoms with Crippen LogP contribution in [0.3, 0.4) is 0 Å². The molecule has 2 N–H and O–H groups in total. The molecule has 4 nitrogen and oxygen atoms in total. The van der Waals surface area contributed by atoms with Gasteiger partial charge in [-0.05, 0) is 31.2 Å². The van der Waals surface area contributed by atoms with Crippen molar-refractivity contribution >= 4 is 6.03 Å². The van der Waals surface area contributed by atoms with Crippen molar-refractivity contribution in [2.24, 2.45) is 0 Å². The van der Waals surface area contributed by atoms with Crippen molar-refractivity contribution in [2.75, 3.05) is 13.2 Å². The number of nitrogens with zero attached hydrogens (tertiary/aromatic N) is 1. The number of aliphatic hydroxyl groups is 1. The molecule has 4 heteroatoms. The largest absolute Gasteiger partial charge is 0.396 e. The summed E-state index contributed by atoms with van der Waals surface area (Å²) in [5.74, 6) is 0. The molecule has 2 amide bonds. The van der Waals surface area contributed by atoms with Gasteiger partial charge in [0.2, 0.25) is 0 Å².